The topological polar surface area (TPSA) is 66.9 Å². The van der Waals surface area contributed by atoms with Gasteiger partial charge in [0.05, 0.1) is 0 Å². The van der Waals surface area contributed by atoms with Crippen molar-refractivity contribution in [2.75, 3.05) is 17.7 Å². The Kier molecular flexibility index (Phi) is 3.34. The van der Waals surface area contributed by atoms with Gasteiger partial charge in [-0.25, -0.2) is 4.98 Å². The normalized spacial score (nSPS) is 10.0. The summed E-state index contributed by atoms with van der Waals surface area (Å²) in [4.78, 5) is 15.9. The number of carbonyl (C=O) groups is 1. The quantitative estimate of drug-likeness (QED) is 0.873. The highest BCUT2D eigenvalue weighted by Crippen LogP contribution is 2.13. The predicted octanol–water partition coefficient (Wildman–Crippen LogP) is 2.14. The zero-order chi connectivity index (χ0) is 12.3. The first kappa shape index (κ1) is 11.5. The monoisotopic (exact) mass is 248 g/mol. The Hall–Kier alpha value is -1.95. The van der Waals surface area contributed by atoms with Gasteiger partial charge in [0, 0.05) is 29.8 Å². The summed E-state index contributed by atoms with van der Waals surface area (Å²) in [5.74, 6) is 0.486. The van der Waals surface area contributed by atoms with Gasteiger partial charge in [0.15, 0.2) is 0 Å². The number of nitrogens with zero attached hydrogens (tertiary/aromatic N) is 2. The summed E-state index contributed by atoms with van der Waals surface area (Å²) < 4.78 is 4.00. The second kappa shape index (κ2) is 4.92. The predicted molar refractivity (Wildman–Crippen MR) is 68.6 cm³/mol. The van der Waals surface area contributed by atoms with Crippen LogP contribution in [0.5, 0.6) is 0 Å². The van der Waals surface area contributed by atoms with Crippen LogP contribution in [0.3, 0.4) is 0 Å². The van der Waals surface area contributed by atoms with Crippen LogP contribution < -0.4 is 10.6 Å². The number of nitrogens with one attached hydrogen (secondary N) is 2. The smallest absolute Gasteiger partial charge is 0.257 e. The molecule has 0 bridgehead atoms. The highest BCUT2D eigenvalue weighted by molar-refractivity contribution is 7.09. The van der Waals surface area contributed by atoms with Gasteiger partial charge in [-0.3, -0.25) is 10.1 Å². The molecule has 0 aliphatic carbocycles. The Morgan fingerprint density at radius 3 is 2.53 bits per heavy atom. The summed E-state index contributed by atoms with van der Waals surface area (Å²) in [6.07, 6.45) is 0. The molecule has 17 heavy (non-hydrogen) atoms. The molecule has 0 spiro atoms. The van der Waals surface area contributed by atoms with Gasteiger partial charge < -0.3 is 5.32 Å². The standard InChI is InChI=1S/C11H12N4OS/c1-7-13-11(17-15-7)14-10(16)8-3-5-9(12-2)6-4-8/h3-6,12H,1-2H3,(H,13,14,15,16). The number of aromatic nitrogens is 2. The first-order chi connectivity index (χ1) is 8.19. The van der Waals surface area contributed by atoms with Crippen LogP contribution in [0.1, 0.15) is 16.2 Å². The van der Waals surface area contributed by atoms with Crippen molar-refractivity contribution in [3.63, 3.8) is 0 Å². The fourth-order valence-corrected chi connectivity index (χ4v) is 1.88. The average molecular weight is 248 g/mol. The molecule has 0 aliphatic rings. The number of rotatable bonds is 3. The molecule has 88 valence electrons. The summed E-state index contributed by atoms with van der Waals surface area (Å²) in [6, 6.07) is 7.21. The fourth-order valence-electron chi connectivity index (χ4n) is 1.31. The molecule has 5 nitrogen and oxygen atoms in total. The van der Waals surface area contributed by atoms with Gasteiger partial charge in [-0.05, 0) is 31.2 Å². The largest absolute Gasteiger partial charge is 0.388 e. The van der Waals surface area contributed by atoms with Gasteiger partial charge in [-0.15, -0.1) is 0 Å². The van der Waals surface area contributed by atoms with Crippen LogP contribution in [0.2, 0.25) is 0 Å². The molecule has 2 aromatic rings. The van der Waals surface area contributed by atoms with Crippen molar-refractivity contribution >= 4 is 28.3 Å². The number of anilines is 2. The number of carbonyl (C=O) groups excluding carboxylic acids is 1. The maximum atomic E-state index is 11.8. The molecule has 6 heteroatoms. The minimum absolute atomic E-state index is 0.177. The molecule has 0 saturated carbocycles. The first-order valence-electron chi connectivity index (χ1n) is 5.08. The molecule has 0 fully saturated rings. The van der Waals surface area contributed by atoms with Gasteiger partial charge in [0.2, 0.25) is 5.13 Å². The molecule has 1 aromatic heterocycles. The van der Waals surface area contributed by atoms with E-state index < -0.39 is 0 Å². The lowest BCUT2D eigenvalue weighted by Gasteiger charge is -2.03. The van der Waals surface area contributed by atoms with E-state index in [0.29, 0.717) is 16.5 Å². The van der Waals surface area contributed by atoms with E-state index in [0.717, 1.165) is 5.69 Å². The van der Waals surface area contributed by atoms with Gasteiger partial charge >= 0.3 is 0 Å². The summed E-state index contributed by atoms with van der Waals surface area (Å²) in [7, 11) is 1.83. The summed E-state index contributed by atoms with van der Waals surface area (Å²) in [6.45, 7) is 1.79. The second-order valence-electron chi connectivity index (χ2n) is 3.43. The number of aryl methyl sites for hydroxylation is 1. The zero-order valence-corrected chi connectivity index (χ0v) is 10.3. The maximum Gasteiger partial charge on any atom is 0.257 e. The van der Waals surface area contributed by atoms with Crippen LogP contribution in [-0.2, 0) is 0 Å². The molecular weight excluding hydrogens is 236 g/mol. The highest BCUT2D eigenvalue weighted by atomic mass is 32.1. The van der Waals surface area contributed by atoms with E-state index in [2.05, 4.69) is 20.0 Å². The van der Waals surface area contributed by atoms with Crippen LogP contribution in [0.15, 0.2) is 24.3 Å². The van der Waals surface area contributed by atoms with Crippen LogP contribution in [0.4, 0.5) is 10.8 Å². The van der Waals surface area contributed by atoms with Crippen LogP contribution in [-0.4, -0.2) is 22.3 Å². The number of hydrogen-bond donors (Lipinski definition) is 2. The van der Waals surface area contributed by atoms with E-state index in [1.165, 1.54) is 11.5 Å². The van der Waals surface area contributed by atoms with Crippen molar-refractivity contribution in [2.45, 2.75) is 6.92 Å². The van der Waals surface area contributed by atoms with E-state index in [1.54, 1.807) is 19.1 Å². The van der Waals surface area contributed by atoms with Crippen molar-refractivity contribution in [1.82, 2.24) is 9.36 Å². The summed E-state index contributed by atoms with van der Waals surface area (Å²) >= 11 is 1.17. The Labute approximate surface area is 103 Å². The van der Waals surface area contributed by atoms with Crippen molar-refractivity contribution < 1.29 is 4.79 Å². The third kappa shape index (κ3) is 2.79. The lowest BCUT2D eigenvalue weighted by Crippen LogP contribution is -2.11. The number of amides is 1. The molecule has 2 N–H and O–H groups in total. The van der Waals surface area contributed by atoms with Crippen molar-refractivity contribution in [3.8, 4) is 0 Å². The Balaban J connectivity index is 2.09. The third-order valence-corrected chi connectivity index (χ3v) is 2.91. The van der Waals surface area contributed by atoms with Crippen LogP contribution in [0.25, 0.3) is 0 Å². The van der Waals surface area contributed by atoms with E-state index in [4.69, 9.17) is 0 Å². The maximum absolute atomic E-state index is 11.8. The summed E-state index contributed by atoms with van der Waals surface area (Å²) in [5.41, 5.74) is 1.56. The molecule has 0 atom stereocenters. The fraction of sp³-hybridized carbons (Fsp3) is 0.182. The Morgan fingerprint density at radius 2 is 2.00 bits per heavy atom. The molecule has 1 aromatic carbocycles. The summed E-state index contributed by atoms with van der Waals surface area (Å²) in [5, 5.41) is 6.21. The SMILES string of the molecule is CNc1ccc(C(=O)Nc2nc(C)ns2)cc1. The minimum atomic E-state index is -0.177. The van der Waals surface area contributed by atoms with Crippen LogP contribution >= 0.6 is 11.5 Å². The molecular formula is C11H12N4OS. The zero-order valence-electron chi connectivity index (χ0n) is 9.52. The third-order valence-electron chi connectivity index (χ3n) is 2.18. The van der Waals surface area contributed by atoms with Crippen molar-refractivity contribution in [2.24, 2.45) is 0 Å². The lowest BCUT2D eigenvalue weighted by molar-refractivity contribution is 0.102. The van der Waals surface area contributed by atoms with E-state index >= 15 is 0 Å². The van der Waals surface area contributed by atoms with Crippen LogP contribution in [0, 0.1) is 6.92 Å². The van der Waals surface area contributed by atoms with Gasteiger partial charge in [-0.1, -0.05) is 0 Å². The Bertz CT molecular complexity index is 521. The molecule has 0 aliphatic heterocycles. The molecule has 1 heterocycles. The average Bonchev–Trinajstić information content (AvgIpc) is 2.75. The molecule has 2 rings (SSSR count). The number of hydrogen-bond acceptors (Lipinski definition) is 5. The molecule has 0 radical (unpaired) electrons. The van der Waals surface area contributed by atoms with Crippen molar-refractivity contribution in [1.29, 1.82) is 0 Å². The van der Waals surface area contributed by atoms with E-state index in [-0.39, 0.29) is 5.91 Å². The lowest BCUT2D eigenvalue weighted by atomic mass is 10.2. The van der Waals surface area contributed by atoms with E-state index in [9.17, 15) is 4.79 Å². The van der Waals surface area contributed by atoms with E-state index in [1.807, 2.05) is 19.2 Å². The van der Waals surface area contributed by atoms with Crippen molar-refractivity contribution in [3.05, 3.63) is 35.7 Å². The van der Waals surface area contributed by atoms with Gasteiger partial charge in [0.25, 0.3) is 5.91 Å². The minimum Gasteiger partial charge on any atom is -0.388 e. The number of benzene rings is 1. The molecule has 0 unspecified atom stereocenters. The van der Waals surface area contributed by atoms with Gasteiger partial charge in [-0.2, -0.15) is 4.37 Å². The highest BCUT2D eigenvalue weighted by Gasteiger charge is 2.08. The van der Waals surface area contributed by atoms with Gasteiger partial charge in [0.1, 0.15) is 5.82 Å². The first-order valence-corrected chi connectivity index (χ1v) is 5.86. The molecule has 0 saturated heterocycles. The molecule has 1 amide bonds. The Morgan fingerprint density at radius 1 is 1.29 bits per heavy atom. The second-order valence-corrected chi connectivity index (χ2v) is 4.18.